The van der Waals surface area contributed by atoms with Gasteiger partial charge in [-0.05, 0) is 35.4 Å². The van der Waals surface area contributed by atoms with E-state index in [1.165, 1.54) is 0 Å². The third kappa shape index (κ3) is 3.52. The average Bonchev–Trinajstić information content (AvgIpc) is 2.89. The smallest absolute Gasteiger partial charge is 0.230 e. The molecule has 0 saturated heterocycles. The molecule has 2 heterocycles. The van der Waals surface area contributed by atoms with Gasteiger partial charge in [0.05, 0.1) is 6.54 Å². The van der Waals surface area contributed by atoms with Crippen molar-refractivity contribution in [3.8, 4) is 22.6 Å². The highest BCUT2D eigenvalue weighted by molar-refractivity contribution is 6.30. The molecule has 0 unspecified atom stereocenters. The summed E-state index contributed by atoms with van der Waals surface area (Å²) in [6, 6.07) is 11.3. The highest BCUT2D eigenvalue weighted by Crippen LogP contribution is 2.38. The first kappa shape index (κ1) is 16.9. The van der Waals surface area contributed by atoms with Crippen LogP contribution in [0.1, 0.15) is 17.3 Å². The Morgan fingerprint density at radius 2 is 2.08 bits per heavy atom. The minimum atomic E-state index is 0.132. The molecule has 2 aromatic carbocycles. The molecule has 1 aliphatic rings. The molecule has 0 aliphatic carbocycles. The topological polar surface area (TPSA) is 71.6 Å². The number of aromatic nitrogens is 2. The van der Waals surface area contributed by atoms with Gasteiger partial charge in [0.1, 0.15) is 6.61 Å². The fraction of sp³-hybridized carbons (Fsp3) is 0.263. The maximum absolute atomic E-state index is 10.5. The summed E-state index contributed by atoms with van der Waals surface area (Å²) >= 11 is 6.10. The Bertz CT molecular complexity index is 942. The van der Waals surface area contributed by atoms with E-state index in [2.05, 4.69) is 15.1 Å². The molecular formula is C19H18ClN3O3. The van der Waals surface area contributed by atoms with Gasteiger partial charge in [-0.15, -0.1) is 10.2 Å². The molecule has 26 heavy (non-hydrogen) atoms. The standard InChI is InChI=1S/C19H18ClN3O3/c1-12-21-22-18(26-12)11-23-5-6-25-19-15(10-23)7-14(9-17(19)24)13-3-2-4-16(20)8-13/h2-4,7-9,24H,5-6,10-11H2,1H3. The van der Waals surface area contributed by atoms with Crippen LogP contribution in [0.4, 0.5) is 0 Å². The van der Waals surface area contributed by atoms with E-state index in [9.17, 15) is 5.11 Å². The lowest BCUT2D eigenvalue weighted by molar-refractivity contribution is 0.201. The number of nitrogens with zero attached hydrogens (tertiary/aromatic N) is 3. The Kier molecular flexibility index (Phi) is 4.53. The molecule has 0 spiro atoms. The first-order valence-corrected chi connectivity index (χ1v) is 8.72. The van der Waals surface area contributed by atoms with Crippen molar-refractivity contribution in [2.45, 2.75) is 20.0 Å². The Hall–Kier alpha value is -2.57. The third-order valence-electron chi connectivity index (χ3n) is 4.28. The molecule has 4 rings (SSSR count). The van der Waals surface area contributed by atoms with Crippen LogP contribution in [-0.4, -0.2) is 33.4 Å². The van der Waals surface area contributed by atoms with E-state index in [4.69, 9.17) is 20.8 Å². The number of rotatable bonds is 3. The number of phenols is 1. The minimum absolute atomic E-state index is 0.132. The summed E-state index contributed by atoms with van der Waals surface area (Å²) in [4.78, 5) is 2.15. The second-order valence-electron chi connectivity index (χ2n) is 6.27. The van der Waals surface area contributed by atoms with E-state index in [-0.39, 0.29) is 5.75 Å². The fourth-order valence-electron chi connectivity index (χ4n) is 3.12. The summed E-state index contributed by atoms with van der Waals surface area (Å²) in [6.45, 7) is 4.09. The van der Waals surface area contributed by atoms with Crippen molar-refractivity contribution < 1.29 is 14.3 Å². The van der Waals surface area contributed by atoms with Gasteiger partial charge >= 0.3 is 0 Å². The molecule has 0 radical (unpaired) electrons. The first-order valence-electron chi connectivity index (χ1n) is 8.34. The lowest BCUT2D eigenvalue weighted by Crippen LogP contribution is -2.25. The number of fused-ring (bicyclic) bond motifs is 1. The fourth-order valence-corrected chi connectivity index (χ4v) is 3.31. The Morgan fingerprint density at radius 3 is 2.85 bits per heavy atom. The van der Waals surface area contributed by atoms with E-state index < -0.39 is 0 Å². The van der Waals surface area contributed by atoms with Gasteiger partial charge in [-0.3, -0.25) is 4.90 Å². The molecular weight excluding hydrogens is 354 g/mol. The average molecular weight is 372 g/mol. The van der Waals surface area contributed by atoms with Gasteiger partial charge in [0.15, 0.2) is 11.5 Å². The Balaban J connectivity index is 1.65. The molecule has 1 aromatic heterocycles. The van der Waals surface area contributed by atoms with E-state index in [0.717, 1.165) is 16.7 Å². The van der Waals surface area contributed by atoms with Crippen LogP contribution in [0, 0.1) is 6.92 Å². The molecule has 0 fully saturated rings. The number of aryl methyl sites for hydroxylation is 1. The molecule has 3 aromatic rings. The van der Waals surface area contributed by atoms with Crippen LogP contribution in [0.15, 0.2) is 40.8 Å². The zero-order valence-electron chi connectivity index (χ0n) is 14.3. The van der Waals surface area contributed by atoms with Crippen LogP contribution in [0.2, 0.25) is 5.02 Å². The molecule has 6 nitrogen and oxygen atoms in total. The van der Waals surface area contributed by atoms with E-state index >= 15 is 0 Å². The van der Waals surface area contributed by atoms with Crippen molar-refractivity contribution in [2.24, 2.45) is 0 Å². The number of halogens is 1. The first-order chi connectivity index (χ1) is 12.6. The third-order valence-corrected chi connectivity index (χ3v) is 4.51. The van der Waals surface area contributed by atoms with Gasteiger partial charge in [-0.1, -0.05) is 23.7 Å². The summed E-state index contributed by atoms with van der Waals surface area (Å²) in [5.41, 5.74) is 2.75. The number of aromatic hydroxyl groups is 1. The zero-order valence-corrected chi connectivity index (χ0v) is 15.0. The van der Waals surface area contributed by atoms with Crippen molar-refractivity contribution in [1.29, 1.82) is 0 Å². The largest absolute Gasteiger partial charge is 0.504 e. The number of benzene rings is 2. The second kappa shape index (κ2) is 6.97. The van der Waals surface area contributed by atoms with Crippen LogP contribution in [0.5, 0.6) is 11.5 Å². The predicted octanol–water partition coefficient (Wildman–Crippen LogP) is 3.80. The number of hydrogen-bond acceptors (Lipinski definition) is 6. The van der Waals surface area contributed by atoms with Gasteiger partial charge < -0.3 is 14.3 Å². The van der Waals surface area contributed by atoms with E-state index in [1.54, 1.807) is 13.0 Å². The highest BCUT2D eigenvalue weighted by atomic mass is 35.5. The predicted molar refractivity (Wildman–Crippen MR) is 97.2 cm³/mol. The van der Waals surface area contributed by atoms with Crippen molar-refractivity contribution in [3.63, 3.8) is 0 Å². The number of ether oxygens (including phenoxy) is 1. The maximum Gasteiger partial charge on any atom is 0.230 e. The van der Waals surface area contributed by atoms with Crippen molar-refractivity contribution >= 4 is 11.6 Å². The van der Waals surface area contributed by atoms with E-state index in [0.29, 0.717) is 48.8 Å². The summed E-state index contributed by atoms with van der Waals surface area (Å²) < 4.78 is 11.3. The molecule has 0 saturated carbocycles. The SMILES string of the molecule is Cc1nnc(CN2CCOc3c(O)cc(-c4cccc(Cl)c4)cc3C2)o1. The zero-order chi connectivity index (χ0) is 18.1. The summed E-state index contributed by atoms with van der Waals surface area (Å²) in [6.07, 6.45) is 0. The van der Waals surface area contributed by atoms with Crippen molar-refractivity contribution in [1.82, 2.24) is 15.1 Å². The molecule has 0 atom stereocenters. The molecule has 134 valence electrons. The molecule has 1 N–H and O–H groups in total. The van der Waals surface area contributed by atoms with Gasteiger partial charge in [-0.25, -0.2) is 0 Å². The summed E-state index contributed by atoms with van der Waals surface area (Å²) in [7, 11) is 0. The van der Waals surface area contributed by atoms with Gasteiger partial charge in [0, 0.05) is 30.6 Å². The quantitative estimate of drug-likeness (QED) is 0.755. The highest BCUT2D eigenvalue weighted by Gasteiger charge is 2.21. The summed E-state index contributed by atoms with van der Waals surface area (Å²) in [5, 5.41) is 19.0. The molecule has 7 heteroatoms. The van der Waals surface area contributed by atoms with Crippen LogP contribution in [0.25, 0.3) is 11.1 Å². The normalized spacial score (nSPS) is 14.5. The second-order valence-corrected chi connectivity index (χ2v) is 6.70. The van der Waals surface area contributed by atoms with Gasteiger partial charge in [0.25, 0.3) is 0 Å². The maximum atomic E-state index is 10.5. The van der Waals surface area contributed by atoms with E-state index in [1.807, 2.05) is 30.3 Å². The monoisotopic (exact) mass is 371 g/mol. The van der Waals surface area contributed by atoms with Crippen molar-refractivity contribution in [3.05, 3.63) is 58.8 Å². The number of phenolic OH excluding ortho intramolecular Hbond substituents is 1. The van der Waals surface area contributed by atoms with Gasteiger partial charge in [0.2, 0.25) is 11.8 Å². The lowest BCUT2D eigenvalue weighted by atomic mass is 10.0. The molecule has 1 aliphatic heterocycles. The molecule has 0 amide bonds. The Morgan fingerprint density at radius 1 is 1.19 bits per heavy atom. The van der Waals surface area contributed by atoms with Crippen LogP contribution < -0.4 is 4.74 Å². The summed E-state index contributed by atoms with van der Waals surface area (Å²) in [5.74, 6) is 1.78. The van der Waals surface area contributed by atoms with Crippen LogP contribution in [0.3, 0.4) is 0 Å². The van der Waals surface area contributed by atoms with Gasteiger partial charge in [-0.2, -0.15) is 0 Å². The lowest BCUT2D eigenvalue weighted by Gasteiger charge is -2.17. The van der Waals surface area contributed by atoms with Crippen LogP contribution >= 0.6 is 11.6 Å². The van der Waals surface area contributed by atoms with Crippen molar-refractivity contribution in [2.75, 3.05) is 13.2 Å². The molecule has 0 bridgehead atoms. The minimum Gasteiger partial charge on any atom is -0.504 e. The number of hydrogen-bond donors (Lipinski definition) is 1. The Labute approximate surface area is 156 Å². The van der Waals surface area contributed by atoms with Crippen LogP contribution in [-0.2, 0) is 13.1 Å².